The van der Waals surface area contributed by atoms with Crippen LogP contribution in [-0.2, 0) is 6.54 Å². The van der Waals surface area contributed by atoms with Crippen molar-refractivity contribution in [1.82, 2.24) is 19.7 Å². The Morgan fingerprint density at radius 3 is 2.66 bits per heavy atom. The molecule has 6 nitrogen and oxygen atoms in total. The SMILES string of the molecule is O=C(/C=C(/O)c1cn(Cc2cc(Cl)ccc2Cl)c2ccc(Cl)cc12)c1ncn[nH]1. The van der Waals surface area contributed by atoms with Crippen LogP contribution in [-0.4, -0.2) is 30.6 Å². The van der Waals surface area contributed by atoms with Gasteiger partial charge < -0.3 is 9.67 Å². The van der Waals surface area contributed by atoms with Gasteiger partial charge in [0.25, 0.3) is 0 Å². The molecule has 0 atom stereocenters. The minimum atomic E-state index is -0.499. The number of aliphatic hydroxyl groups excluding tert-OH is 1. The monoisotopic (exact) mass is 446 g/mol. The highest BCUT2D eigenvalue weighted by Crippen LogP contribution is 2.31. The third-order valence-corrected chi connectivity index (χ3v) is 5.22. The number of ketones is 1. The van der Waals surface area contributed by atoms with Crippen molar-refractivity contribution in [3.8, 4) is 0 Å². The van der Waals surface area contributed by atoms with E-state index in [9.17, 15) is 9.90 Å². The van der Waals surface area contributed by atoms with E-state index in [2.05, 4.69) is 15.2 Å². The van der Waals surface area contributed by atoms with Crippen LogP contribution in [0.1, 0.15) is 21.7 Å². The van der Waals surface area contributed by atoms with E-state index >= 15 is 0 Å². The molecule has 0 amide bonds. The highest BCUT2D eigenvalue weighted by molar-refractivity contribution is 6.33. The Bertz CT molecular complexity index is 1250. The van der Waals surface area contributed by atoms with Crippen molar-refractivity contribution < 1.29 is 9.90 Å². The maximum Gasteiger partial charge on any atom is 0.226 e. The van der Waals surface area contributed by atoms with Crippen molar-refractivity contribution in [3.05, 3.63) is 87.0 Å². The number of carbonyl (C=O) groups excluding carboxylic acids is 1. The number of allylic oxidation sites excluding steroid dienone is 1. The third-order valence-electron chi connectivity index (χ3n) is 4.38. The molecule has 29 heavy (non-hydrogen) atoms. The van der Waals surface area contributed by atoms with Gasteiger partial charge in [-0.15, -0.1) is 0 Å². The molecule has 0 bridgehead atoms. The van der Waals surface area contributed by atoms with E-state index in [0.29, 0.717) is 32.6 Å². The summed E-state index contributed by atoms with van der Waals surface area (Å²) in [4.78, 5) is 16.0. The summed E-state index contributed by atoms with van der Waals surface area (Å²) < 4.78 is 1.90. The standard InChI is InChI=1S/C20H13Cl3N4O2/c21-12-1-3-16(23)11(5-12)8-27-9-15(14-6-13(22)2-4-17(14)27)18(28)7-19(29)20-24-10-25-26-20/h1-7,9-10,28H,8H2,(H,24,25,26)/b18-7+. The summed E-state index contributed by atoms with van der Waals surface area (Å²) in [5.74, 6) is -0.681. The highest BCUT2D eigenvalue weighted by Gasteiger charge is 2.16. The summed E-state index contributed by atoms with van der Waals surface area (Å²) in [5, 5.41) is 19.1. The molecule has 2 heterocycles. The number of aliphatic hydroxyl groups is 1. The van der Waals surface area contributed by atoms with E-state index in [1.54, 1.807) is 36.5 Å². The predicted molar refractivity (Wildman–Crippen MR) is 114 cm³/mol. The van der Waals surface area contributed by atoms with E-state index in [1.807, 2.05) is 10.6 Å². The minimum absolute atomic E-state index is 0.0315. The number of hydrogen-bond acceptors (Lipinski definition) is 4. The number of H-pyrrole nitrogens is 1. The molecule has 0 aliphatic carbocycles. The van der Waals surface area contributed by atoms with Crippen LogP contribution in [0.3, 0.4) is 0 Å². The van der Waals surface area contributed by atoms with Crippen LogP contribution in [0.4, 0.5) is 0 Å². The third kappa shape index (κ3) is 4.00. The highest BCUT2D eigenvalue weighted by atomic mass is 35.5. The second kappa shape index (κ2) is 7.91. The van der Waals surface area contributed by atoms with Gasteiger partial charge in [0.2, 0.25) is 5.78 Å². The number of nitrogens with zero attached hydrogens (tertiary/aromatic N) is 3. The van der Waals surface area contributed by atoms with Gasteiger partial charge in [0, 0.05) is 50.4 Å². The number of benzene rings is 2. The number of carbonyl (C=O) groups is 1. The van der Waals surface area contributed by atoms with E-state index < -0.39 is 5.78 Å². The number of aromatic amines is 1. The molecular weight excluding hydrogens is 435 g/mol. The van der Waals surface area contributed by atoms with E-state index in [0.717, 1.165) is 17.2 Å². The fourth-order valence-electron chi connectivity index (χ4n) is 3.05. The van der Waals surface area contributed by atoms with Crippen LogP contribution in [0, 0.1) is 0 Å². The van der Waals surface area contributed by atoms with Gasteiger partial charge in [-0.25, -0.2) is 4.98 Å². The lowest BCUT2D eigenvalue weighted by molar-refractivity contribution is 0.103. The van der Waals surface area contributed by atoms with Crippen molar-refractivity contribution >= 4 is 57.2 Å². The molecule has 9 heteroatoms. The Hall–Kier alpha value is -2.80. The van der Waals surface area contributed by atoms with E-state index in [4.69, 9.17) is 34.8 Å². The molecule has 0 radical (unpaired) electrons. The van der Waals surface area contributed by atoms with Gasteiger partial charge in [0.05, 0.1) is 0 Å². The number of nitrogens with one attached hydrogen (secondary N) is 1. The largest absolute Gasteiger partial charge is 0.507 e. The molecule has 0 saturated heterocycles. The van der Waals surface area contributed by atoms with Crippen LogP contribution >= 0.6 is 34.8 Å². The summed E-state index contributed by atoms with van der Waals surface area (Å²) in [5.41, 5.74) is 2.08. The molecule has 2 N–H and O–H groups in total. The number of hydrogen-bond donors (Lipinski definition) is 2. The van der Waals surface area contributed by atoms with Crippen molar-refractivity contribution in [2.24, 2.45) is 0 Å². The summed E-state index contributed by atoms with van der Waals surface area (Å²) in [6.45, 7) is 0.418. The molecule has 0 aliphatic rings. The summed E-state index contributed by atoms with van der Waals surface area (Å²) >= 11 is 18.6. The summed E-state index contributed by atoms with van der Waals surface area (Å²) in [7, 11) is 0. The van der Waals surface area contributed by atoms with E-state index in [-0.39, 0.29) is 11.6 Å². The van der Waals surface area contributed by atoms with Crippen LogP contribution < -0.4 is 0 Å². The van der Waals surface area contributed by atoms with Crippen LogP contribution in [0.15, 0.2) is 55.0 Å². The first kappa shape index (κ1) is 19.5. The average molecular weight is 448 g/mol. The molecule has 0 fully saturated rings. The molecule has 0 unspecified atom stereocenters. The molecule has 146 valence electrons. The fraction of sp³-hybridized carbons (Fsp3) is 0.0500. The second-order valence-electron chi connectivity index (χ2n) is 6.30. The quantitative estimate of drug-likeness (QED) is 0.239. The Kier molecular flexibility index (Phi) is 5.32. The van der Waals surface area contributed by atoms with Crippen molar-refractivity contribution in [3.63, 3.8) is 0 Å². The Morgan fingerprint density at radius 1 is 1.14 bits per heavy atom. The minimum Gasteiger partial charge on any atom is -0.507 e. The Labute approximate surface area is 180 Å². The van der Waals surface area contributed by atoms with Gasteiger partial charge in [-0.05, 0) is 42.0 Å². The number of rotatable bonds is 5. The Morgan fingerprint density at radius 2 is 1.90 bits per heavy atom. The van der Waals surface area contributed by atoms with Gasteiger partial charge in [-0.1, -0.05) is 34.8 Å². The lowest BCUT2D eigenvalue weighted by atomic mass is 10.1. The zero-order valence-electron chi connectivity index (χ0n) is 14.7. The number of halogens is 3. The molecular formula is C20H13Cl3N4O2. The first-order valence-electron chi connectivity index (χ1n) is 8.45. The van der Waals surface area contributed by atoms with Crippen LogP contribution in [0.25, 0.3) is 16.7 Å². The molecule has 0 spiro atoms. The van der Waals surface area contributed by atoms with Crippen LogP contribution in [0.2, 0.25) is 15.1 Å². The first-order chi connectivity index (χ1) is 13.9. The molecule has 0 aliphatic heterocycles. The molecule has 2 aromatic carbocycles. The van der Waals surface area contributed by atoms with Gasteiger partial charge in [0.1, 0.15) is 12.1 Å². The second-order valence-corrected chi connectivity index (χ2v) is 7.58. The fourth-order valence-corrected chi connectivity index (χ4v) is 3.59. The molecule has 4 aromatic rings. The molecule has 2 aromatic heterocycles. The van der Waals surface area contributed by atoms with E-state index in [1.165, 1.54) is 6.33 Å². The smallest absolute Gasteiger partial charge is 0.226 e. The lowest BCUT2D eigenvalue weighted by Gasteiger charge is -2.08. The molecule has 0 saturated carbocycles. The Balaban J connectivity index is 1.79. The van der Waals surface area contributed by atoms with Crippen LogP contribution in [0.5, 0.6) is 0 Å². The lowest BCUT2D eigenvalue weighted by Crippen LogP contribution is -2.00. The van der Waals surface area contributed by atoms with Crippen molar-refractivity contribution in [1.29, 1.82) is 0 Å². The van der Waals surface area contributed by atoms with Gasteiger partial charge in [-0.3, -0.25) is 9.89 Å². The molecule has 4 rings (SSSR count). The zero-order chi connectivity index (χ0) is 20.5. The van der Waals surface area contributed by atoms with Gasteiger partial charge >= 0.3 is 0 Å². The average Bonchev–Trinajstić information content (AvgIpc) is 3.33. The maximum atomic E-state index is 12.2. The summed E-state index contributed by atoms with van der Waals surface area (Å²) in [6, 6.07) is 10.6. The van der Waals surface area contributed by atoms with Gasteiger partial charge in [-0.2, -0.15) is 5.10 Å². The topological polar surface area (TPSA) is 83.8 Å². The van der Waals surface area contributed by atoms with Crippen molar-refractivity contribution in [2.75, 3.05) is 0 Å². The number of aromatic nitrogens is 4. The van der Waals surface area contributed by atoms with Gasteiger partial charge in [0.15, 0.2) is 5.82 Å². The number of fused-ring (bicyclic) bond motifs is 1. The normalized spacial score (nSPS) is 11.9. The first-order valence-corrected chi connectivity index (χ1v) is 9.59. The maximum absolute atomic E-state index is 12.2. The van der Waals surface area contributed by atoms with Crippen molar-refractivity contribution in [2.45, 2.75) is 6.54 Å². The summed E-state index contributed by atoms with van der Waals surface area (Å²) in [6.07, 6.45) is 4.04. The zero-order valence-corrected chi connectivity index (χ0v) is 17.0. The predicted octanol–water partition coefficient (Wildman–Crippen LogP) is 5.55.